The maximum Gasteiger partial charge on any atom is 0.251 e. The van der Waals surface area contributed by atoms with Crippen molar-refractivity contribution in [2.45, 2.75) is 25.2 Å². The molecule has 32 heavy (non-hydrogen) atoms. The molecule has 2 saturated heterocycles. The van der Waals surface area contributed by atoms with Gasteiger partial charge in [-0.2, -0.15) is 0 Å². The number of nitrogens with zero attached hydrogens (tertiary/aromatic N) is 1. The number of likely N-dealkylation sites (tertiary alicyclic amines) is 1. The molecule has 9 nitrogen and oxygen atoms in total. The number of carbonyl (C=O) groups excluding carboxylic acids is 3. The van der Waals surface area contributed by atoms with E-state index in [-0.39, 0.29) is 19.5 Å². The number of aryl methyl sites for hydroxylation is 1. The second kappa shape index (κ2) is 8.97. The Labute approximate surface area is 185 Å². The van der Waals surface area contributed by atoms with Gasteiger partial charge in [-0.3, -0.25) is 14.4 Å². The lowest BCUT2D eigenvalue weighted by atomic mass is 10.1. The van der Waals surface area contributed by atoms with Crippen molar-refractivity contribution in [3.8, 4) is 11.5 Å². The molecule has 2 fully saturated rings. The number of hydrogen-bond donors (Lipinski definition) is 2. The minimum absolute atomic E-state index is 0.0972. The third-order valence-electron chi connectivity index (χ3n) is 5.56. The van der Waals surface area contributed by atoms with Crippen molar-refractivity contribution < 1.29 is 28.6 Å². The molecule has 1 unspecified atom stereocenters. The summed E-state index contributed by atoms with van der Waals surface area (Å²) in [5, 5.41) is 2.61. The van der Waals surface area contributed by atoms with Gasteiger partial charge in [-0.15, -0.1) is 0 Å². The highest BCUT2D eigenvalue weighted by atomic mass is 16.7. The zero-order valence-corrected chi connectivity index (χ0v) is 17.7. The van der Waals surface area contributed by atoms with Crippen LogP contribution in [-0.4, -0.2) is 60.8 Å². The van der Waals surface area contributed by atoms with Gasteiger partial charge < -0.3 is 30.2 Å². The standard InChI is InChI=1S/C23H25N3O6/c1-15-11-16(7-8-19(15)32-17-5-3-2-4-6-17)22(29)25-13-20(27)26-14-23(30-9-10-31-23)12-18(26)21(24)28/h2-8,11,18H,9-10,12-14H2,1H3,(H2,24,28)(H,25,29). The second-order valence-corrected chi connectivity index (χ2v) is 7.83. The van der Waals surface area contributed by atoms with E-state index in [9.17, 15) is 14.4 Å². The summed E-state index contributed by atoms with van der Waals surface area (Å²) in [6.45, 7) is 2.45. The van der Waals surface area contributed by atoms with Gasteiger partial charge in [0.2, 0.25) is 11.8 Å². The molecule has 0 bridgehead atoms. The molecular formula is C23H25N3O6. The van der Waals surface area contributed by atoms with Gasteiger partial charge in [0.15, 0.2) is 5.79 Å². The Bertz CT molecular complexity index is 1020. The molecule has 2 aliphatic rings. The Morgan fingerprint density at radius 3 is 2.53 bits per heavy atom. The average molecular weight is 439 g/mol. The summed E-state index contributed by atoms with van der Waals surface area (Å²) in [6, 6.07) is 13.5. The number of amides is 3. The lowest BCUT2D eigenvalue weighted by molar-refractivity contribution is -0.152. The fraction of sp³-hybridized carbons (Fsp3) is 0.348. The van der Waals surface area contributed by atoms with E-state index in [1.165, 1.54) is 4.90 Å². The van der Waals surface area contributed by atoms with E-state index < -0.39 is 29.6 Å². The lowest BCUT2D eigenvalue weighted by Crippen LogP contribution is -2.48. The minimum atomic E-state index is -0.995. The Kier molecular flexibility index (Phi) is 6.11. The van der Waals surface area contributed by atoms with Gasteiger partial charge in [-0.25, -0.2) is 0 Å². The van der Waals surface area contributed by atoms with Crippen LogP contribution >= 0.6 is 0 Å². The predicted octanol–water partition coefficient (Wildman–Crippen LogP) is 1.35. The van der Waals surface area contributed by atoms with Crippen molar-refractivity contribution in [1.29, 1.82) is 0 Å². The summed E-state index contributed by atoms with van der Waals surface area (Å²) in [5.74, 6) is -1.15. The monoisotopic (exact) mass is 439 g/mol. The number of nitrogens with one attached hydrogen (secondary N) is 1. The molecule has 2 aromatic carbocycles. The van der Waals surface area contributed by atoms with Crippen molar-refractivity contribution in [2.24, 2.45) is 5.73 Å². The highest BCUT2D eigenvalue weighted by Crippen LogP contribution is 2.34. The Morgan fingerprint density at radius 1 is 1.16 bits per heavy atom. The molecule has 2 heterocycles. The van der Waals surface area contributed by atoms with E-state index in [4.69, 9.17) is 19.9 Å². The Hall–Kier alpha value is -3.43. The smallest absolute Gasteiger partial charge is 0.251 e. The number of benzene rings is 2. The van der Waals surface area contributed by atoms with Gasteiger partial charge in [-0.05, 0) is 42.8 Å². The topological polar surface area (TPSA) is 120 Å². The molecule has 4 rings (SSSR count). The van der Waals surface area contributed by atoms with Crippen LogP contribution in [0.25, 0.3) is 0 Å². The Morgan fingerprint density at radius 2 is 1.88 bits per heavy atom. The number of carbonyl (C=O) groups is 3. The van der Waals surface area contributed by atoms with Crippen LogP contribution in [0.15, 0.2) is 48.5 Å². The predicted molar refractivity (Wildman–Crippen MR) is 114 cm³/mol. The first-order chi connectivity index (χ1) is 15.4. The van der Waals surface area contributed by atoms with Crippen molar-refractivity contribution in [3.05, 3.63) is 59.7 Å². The molecule has 3 amide bonds. The fourth-order valence-corrected chi connectivity index (χ4v) is 3.94. The van der Waals surface area contributed by atoms with Gasteiger partial charge in [-0.1, -0.05) is 18.2 Å². The number of nitrogens with two attached hydrogens (primary N) is 1. The van der Waals surface area contributed by atoms with Crippen LogP contribution in [0.5, 0.6) is 11.5 Å². The van der Waals surface area contributed by atoms with Crippen molar-refractivity contribution >= 4 is 17.7 Å². The van der Waals surface area contributed by atoms with Crippen LogP contribution in [0.1, 0.15) is 22.3 Å². The van der Waals surface area contributed by atoms with Crippen molar-refractivity contribution in [2.75, 3.05) is 26.3 Å². The number of hydrogen-bond acceptors (Lipinski definition) is 6. The third kappa shape index (κ3) is 4.58. The van der Waals surface area contributed by atoms with Crippen LogP contribution in [0, 0.1) is 6.92 Å². The number of para-hydroxylation sites is 1. The summed E-state index contributed by atoms with van der Waals surface area (Å²) in [7, 11) is 0. The van der Waals surface area contributed by atoms with Crippen LogP contribution in [0.4, 0.5) is 0 Å². The molecule has 2 aromatic rings. The fourth-order valence-electron chi connectivity index (χ4n) is 3.94. The summed E-state index contributed by atoms with van der Waals surface area (Å²) < 4.78 is 17.0. The van der Waals surface area contributed by atoms with E-state index in [2.05, 4.69) is 5.32 Å². The van der Waals surface area contributed by atoms with E-state index in [1.807, 2.05) is 37.3 Å². The molecule has 3 N–H and O–H groups in total. The molecule has 0 saturated carbocycles. The molecule has 0 aliphatic carbocycles. The van der Waals surface area contributed by atoms with E-state index >= 15 is 0 Å². The van der Waals surface area contributed by atoms with E-state index in [1.54, 1.807) is 18.2 Å². The molecule has 0 aromatic heterocycles. The van der Waals surface area contributed by atoms with E-state index in [0.717, 1.165) is 5.56 Å². The van der Waals surface area contributed by atoms with E-state index in [0.29, 0.717) is 30.3 Å². The molecule has 0 radical (unpaired) electrons. The molecular weight excluding hydrogens is 414 g/mol. The minimum Gasteiger partial charge on any atom is -0.457 e. The molecule has 9 heteroatoms. The van der Waals surface area contributed by atoms with Crippen LogP contribution in [0.2, 0.25) is 0 Å². The SMILES string of the molecule is Cc1cc(C(=O)NCC(=O)N2CC3(CC2C(N)=O)OCCO3)ccc1Oc1ccccc1. The summed E-state index contributed by atoms with van der Waals surface area (Å²) in [6.07, 6.45) is 0.185. The summed E-state index contributed by atoms with van der Waals surface area (Å²) >= 11 is 0. The average Bonchev–Trinajstić information content (AvgIpc) is 3.41. The van der Waals surface area contributed by atoms with Crippen LogP contribution < -0.4 is 15.8 Å². The zero-order valence-electron chi connectivity index (χ0n) is 17.7. The lowest BCUT2D eigenvalue weighted by Gasteiger charge is -2.23. The van der Waals surface area contributed by atoms with Gasteiger partial charge in [0.05, 0.1) is 26.3 Å². The highest BCUT2D eigenvalue weighted by Gasteiger charge is 2.51. The summed E-state index contributed by atoms with van der Waals surface area (Å²) in [5.41, 5.74) is 6.63. The maximum atomic E-state index is 12.7. The van der Waals surface area contributed by atoms with Crippen molar-refractivity contribution in [1.82, 2.24) is 10.2 Å². The number of primary amides is 1. The van der Waals surface area contributed by atoms with Crippen molar-refractivity contribution in [3.63, 3.8) is 0 Å². The number of rotatable bonds is 6. The normalized spacial score (nSPS) is 19.2. The highest BCUT2D eigenvalue weighted by molar-refractivity contribution is 5.97. The molecule has 168 valence electrons. The Balaban J connectivity index is 1.37. The first kappa shape index (κ1) is 21.8. The largest absolute Gasteiger partial charge is 0.457 e. The van der Waals surface area contributed by atoms with Crippen LogP contribution in [0.3, 0.4) is 0 Å². The zero-order chi connectivity index (χ0) is 22.7. The van der Waals surface area contributed by atoms with Gasteiger partial charge in [0.1, 0.15) is 17.5 Å². The molecule has 2 aliphatic heterocycles. The first-order valence-electron chi connectivity index (χ1n) is 10.4. The van der Waals surface area contributed by atoms with Crippen LogP contribution in [-0.2, 0) is 19.1 Å². The van der Waals surface area contributed by atoms with Gasteiger partial charge >= 0.3 is 0 Å². The summed E-state index contributed by atoms with van der Waals surface area (Å²) in [4.78, 5) is 38.5. The second-order valence-electron chi connectivity index (χ2n) is 7.83. The third-order valence-corrected chi connectivity index (χ3v) is 5.56. The van der Waals surface area contributed by atoms with Gasteiger partial charge in [0.25, 0.3) is 5.91 Å². The quantitative estimate of drug-likeness (QED) is 0.701. The van der Waals surface area contributed by atoms with Gasteiger partial charge in [0, 0.05) is 12.0 Å². The molecule has 1 atom stereocenters. The maximum absolute atomic E-state index is 12.7. The number of ether oxygens (including phenoxy) is 3. The first-order valence-corrected chi connectivity index (χ1v) is 10.4. The molecule has 1 spiro atoms.